The molecule has 4 unspecified atom stereocenters. The lowest BCUT2D eigenvalue weighted by Gasteiger charge is -2.39. The maximum atomic E-state index is 2.48. The fourth-order valence-corrected chi connectivity index (χ4v) is 4.40. The number of hydrogen-bond donors (Lipinski definition) is 0. The van der Waals surface area contributed by atoms with E-state index in [0.29, 0.717) is 0 Å². The summed E-state index contributed by atoms with van der Waals surface area (Å²) in [6.07, 6.45) is 6.01. The average Bonchev–Trinajstić information content (AvgIpc) is 2.78. The van der Waals surface area contributed by atoms with E-state index in [-0.39, 0.29) is 0 Å². The van der Waals surface area contributed by atoms with Crippen molar-refractivity contribution >= 4 is 0 Å². The first kappa shape index (κ1) is 9.55. The molecule has 13 heavy (non-hydrogen) atoms. The van der Waals surface area contributed by atoms with Crippen LogP contribution in [0.25, 0.3) is 0 Å². The SMILES string of the molecule is CCC12CC1CCC(C)C2C(C)C. The Morgan fingerprint density at radius 1 is 1.31 bits per heavy atom. The second kappa shape index (κ2) is 3.00. The molecule has 0 spiro atoms. The highest BCUT2D eigenvalue weighted by Crippen LogP contribution is 2.68. The van der Waals surface area contributed by atoms with E-state index < -0.39 is 0 Å². The Hall–Kier alpha value is 0. The van der Waals surface area contributed by atoms with Gasteiger partial charge >= 0.3 is 0 Å². The van der Waals surface area contributed by atoms with Gasteiger partial charge in [0.15, 0.2) is 0 Å². The van der Waals surface area contributed by atoms with Crippen molar-refractivity contribution in [1.29, 1.82) is 0 Å². The van der Waals surface area contributed by atoms with E-state index in [1.165, 1.54) is 19.3 Å². The molecule has 0 N–H and O–H groups in total. The molecule has 2 rings (SSSR count). The highest BCUT2D eigenvalue weighted by molar-refractivity contribution is 5.09. The predicted octanol–water partition coefficient (Wildman–Crippen LogP) is 4.10. The predicted molar refractivity (Wildman–Crippen MR) is 57.6 cm³/mol. The molecule has 0 aromatic heterocycles. The summed E-state index contributed by atoms with van der Waals surface area (Å²) in [5.41, 5.74) is 0.797. The molecular weight excluding hydrogens is 156 g/mol. The van der Waals surface area contributed by atoms with Gasteiger partial charge in [-0.15, -0.1) is 0 Å². The number of fused-ring (bicyclic) bond motifs is 1. The third-order valence-corrected chi connectivity index (χ3v) is 4.90. The lowest BCUT2D eigenvalue weighted by atomic mass is 9.66. The highest BCUT2D eigenvalue weighted by Gasteiger charge is 2.60. The Kier molecular flexibility index (Phi) is 2.20. The number of rotatable bonds is 2. The zero-order valence-electron chi connectivity index (χ0n) is 9.64. The van der Waals surface area contributed by atoms with Gasteiger partial charge in [-0.1, -0.05) is 34.1 Å². The third kappa shape index (κ3) is 1.25. The molecule has 4 atom stereocenters. The highest BCUT2D eigenvalue weighted by atomic mass is 14.6. The van der Waals surface area contributed by atoms with E-state index >= 15 is 0 Å². The van der Waals surface area contributed by atoms with E-state index in [4.69, 9.17) is 0 Å². The van der Waals surface area contributed by atoms with Gasteiger partial charge in [-0.05, 0) is 48.3 Å². The lowest BCUT2D eigenvalue weighted by Crippen LogP contribution is -2.32. The van der Waals surface area contributed by atoms with Gasteiger partial charge < -0.3 is 0 Å². The van der Waals surface area contributed by atoms with Crippen LogP contribution in [0, 0.1) is 29.1 Å². The van der Waals surface area contributed by atoms with Crippen LogP contribution >= 0.6 is 0 Å². The minimum atomic E-state index is 0.797. The van der Waals surface area contributed by atoms with Gasteiger partial charge in [0.2, 0.25) is 0 Å². The monoisotopic (exact) mass is 180 g/mol. The fraction of sp³-hybridized carbons (Fsp3) is 1.00. The molecule has 0 aromatic carbocycles. The summed E-state index contributed by atoms with van der Waals surface area (Å²) >= 11 is 0. The summed E-state index contributed by atoms with van der Waals surface area (Å²) in [6, 6.07) is 0. The minimum absolute atomic E-state index is 0.797. The number of hydrogen-bond acceptors (Lipinski definition) is 0. The Bertz CT molecular complexity index is 194. The van der Waals surface area contributed by atoms with Crippen molar-refractivity contribution in [2.75, 3.05) is 0 Å². The second-order valence-electron chi connectivity index (χ2n) is 5.81. The lowest BCUT2D eigenvalue weighted by molar-refractivity contribution is 0.0954. The van der Waals surface area contributed by atoms with Crippen molar-refractivity contribution in [3.05, 3.63) is 0 Å². The van der Waals surface area contributed by atoms with Crippen LogP contribution in [0.1, 0.15) is 53.4 Å². The molecule has 0 aliphatic heterocycles. The zero-order valence-corrected chi connectivity index (χ0v) is 9.64. The smallest absolute Gasteiger partial charge is 0.0235 e. The van der Waals surface area contributed by atoms with Crippen molar-refractivity contribution in [3.63, 3.8) is 0 Å². The van der Waals surface area contributed by atoms with Crippen LogP contribution in [0.5, 0.6) is 0 Å². The van der Waals surface area contributed by atoms with Crippen LogP contribution in [0.3, 0.4) is 0 Å². The molecule has 0 saturated heterocycles. The van der Waals surface area contributed by atoms with Crippen LogP contribution in [0.2, 0.25) is 0 Å². The van der Waals surface area contributed by atoms with E-state index in [2.05, 4.69) is 27.7 Å². The summed E-state index contributed by atoms with van der Waals surface area (Å²) in [5.74, 6) is 4.02. The van der Waals surface area contributed by atoms with E-state index in [1.807, 2.05) is 0 Å². The van der Waals surface area contributed by atoms with Gasteiger partial charge in [-0.25, -0.2) is 0 Å². The molecule has 0 amide bonds. The molecule has 0 heterocycles. The first-order valence-electron chi connectivity index (χ1n) is 6.12. The Balaban J connectivity index is 2.18. The first-order valence-corrected chi connectivity index (χ1v) is 6.12. The van der Waals surface area contributed by atoms with Crippen molar-refractivity contribution in [1.82, 2.24) is 0 Å². The van der Waals surface area contributed by atoms with Crippen LogP contribution in [0.4, 0.5) is 0 Å². The van der Waals surface area contributed by atoms with Crippen molar-refractivity contribution in [3.8, 4) is 0 Å². The van der Waals surface area contributed by atoms with Gasteiger partial charge in [0, 0.05) is 0 Å². The molecule has 2 saturated carbocycles. The van der Waals surface area contributed by atoms with Gasteiger partial charge in [0.25, 0.3) is 0 Å². The van der Waals surface area contributed by atoms with Crippen molar-refractivity contribution in [2.45, 2.75) is 53.4 Å². The molecule has 2 fully saturated rings. The summed E-state index contributed by atoms with van der Waals surface area (Å²) in [4.78, 5) is 0. The summed E-state index contributed by atoms with van der Waals surface area (Å²) < 4.78 is 0. The largest absolute Gasteiger partial charge is 0.0648 e. The van der Waals surface area contributed by atoms with Crippen molar-refractivity contribution < 1.29 is 0 Å². The van der Waals surface area contributed by atoms with Crippen LogP contribution < -0.4 is 0 Å². The minimum Gasteiger partial charge on any atom is -0.0648 e. The molecule has 2 aliphatic carbocycles. The standard InChI is InChI=1S/C13H24/c1-5-13-8-11(13)7-6-10(4)12(13)9(2)3/h9-12H,5-8H2,1-4H3. The summed E-state index contributed by atoms with van der Waals surface area (Å²) in [7, 11) is 0. The Morgan fingerprint density at radius 3 is 2.46 bits per heavy atom. The normalized spacial score (nSPS) is 49.2. The van der Waals surface area contributed by atoms with Gasteiger partial charge in [0.1, 0.15) is 0 Å². The quantitative estimate of drug-likeness (QED) is 0.600. The summed E-state index contributed by atoms with van der Waals surface area (Å²) in [6.45, 7) is 9.75. The second-order valence-corrected chi connectivity index (χ2v) is 5.81. The van der Waals surface area contributed by atoms with Crippen LogP contribution in [-0.2, 0) is 0 Å². The van der Waals surface area contributed by atoms with E-state index in [9.17, 15) is 0 Å². The fourth-order valence-electron chi connectivity index (χ4n) is 4.40. The van der Waals surface area contributed by atoms with Crippen LogP contribution in [-0.4, -0.2) is 0 Å². The first-order chi connectivity index (χ1) is 6.12. The molecule has 0 aromatic rings. The van der Waals surface area contributed by atoms with Gasteiger partial charge in [-0.3, -0.25) is 0 Å². The Labute approximate surface area is 83.1 Å². The zero-order chi connectivity index (χ0) is 9.64. The maximum Gasteiger partial charge on any atom is -0.0235 e. The molecule has 0 nitrogen and oxygen atoms in total. The maximum absolute atomic E-state index is 2.48. The summed E-state index contributed by atoms with van der Waals surface area (Å²) in [5, 5.41) is 0. The molecular formula is C13H24. The average molecular weight is 180 g/mol. The van der Waals surface area contributed by atoms with E-state index in [1.54, 1.807) is 6.42 Å². The molecule has 2 aliphatic rings. The van der Waals surface area contributed by atoms with Gasteiger partial charge in [0.05, 0.1) is 0 Å². The van der Waals surface area contributed by atoms with E-state index in [0.717, 1.165) is 29.1 Å². The van der Waals surface area contributed by atoms with Gasteiger partial charge in [-0.2, -0.15) is 0 Å². The molecule has 0 radical (unpaired) electrons. The topological polar surface area (TPSA) is 0 Å². The van der Waals surface area contributed by atoms with Crippen LogP contribution in [0.15, 0.2) is 0 Å². The molecule has 76 valence electrons. The molecule has 0 bridgehead atoms. The molecule has 0 heteroatoms. The third-order valence-electron chi connectivity index (χ3n) is 4.90. The van der Waals surface area contributed by atoms with Crippen molar-refractivity contribution in [2.24, 2.45) is 29.1 Å². The Morgan fingerprint density at radius 2 is 2.00 bits per heavy atom.